The van der Waals surface area contributed by atoms with Crippen molar-refractivity contribution < 1.29 is 19.5 Å². The largest absolute Gasteiger partial charge is 0.480 e. The van der Waals surface area contributed by atoms with Crippen LogP contribution >= 0.6 is 0 Å². The van der Waals surface area contributed by atoms with Crippen LogP contribution in [-0.4, -0.2) is 51.8 Å². The lowest BCUT2D eigenvalue weighted by molar-refractivity contribution is -0.153. The molecule has 1 N–H and O–H groups in total. The molecule has 2 saturated heterocycles. The van der Waals surface area contributed by atoms with Crippen LogP contribution in [0.3, 0.4) is 0 Å². The van der Waals surface area contributed by atoms with Crippen molar-refractivity contribution in [3.05, 3.63) is 35.9 Å². The highest BCUT2D eigenvalue weighted by Gasteiger charge is 2.40. The van der Waals surface area contributed by atoms with Crippen molar-refractivity contribution in [3.8, 4) is 0 Å². The minimum Gasteiger partial charge on any atom is -0.480 e. The van der Waals surface area contributed by atoms with Crippen molar-refractivity contribution in [2.75, 3.05) is 13.1 Å². The van der Waals surface area contributed by atoms with Gasteiger partial charge in [0.1, 0.15) is 6.04 Å². The summed E-state index contributed by atoms with van der Waals surface area (Å²) in [6.07, 6.45) is 2.32. The van der Waals surface area contributed by atoms with Gasteiger partial charge in [0.05, 0.1) is 5.92 Å². The van der Waals surface area contributed by atoms with Crippen LogP contribution in [-0.2, 0) is 20.9 Å². The summed E-state index contributed by atoms with van der Waals surface area (Å²) >= 11 is 0. The number of likely N-dealkylation sites (tertiary alicyclic amines) is 2. The van der Waals surface area contributed by atoms with Gasteiger partial charge in [0.25, 0.3) is 0 Å². The standard InChI is InChI=1S/C18H22N2O4/c21-16-10-14(12-19(16)11-13-6-2-1-3-7-13)17(22)20-9-5-4-8-15(20)18(23)24/h1-3,6-7,14-15H,4-5,8-12H2,(H,23,24)/t14?,15-/m1/s1. The summed E-state index contributed by atoms with van der Waals surface area (Å²) in [5.41, 5.74) is 1.03. The molecule has 24 heavy (non-hydrogen) atoms. The predicted molar refractivity (Wildman–Crippen MR) is 87.0 cm³/mol. The number of amides is 2. The van der Waals surface area contributed by atoms with Gasteiger partial charge in [-0.3, -0.25) is 9.59 Å². The number of carbonyl (C=O) groups excluding carboxylic acids is 2. The van der Waals surface area contributed by atoms with E-state index in [0.717, 1.165) is 18.4 Å². The fourth-order valence-electron chi connectivity index (χ4n) is 3.58. The number of nitrogens with zero attached hydrogens (tertiary/aromatic N) is 2. The number of carbonyl (C=O) groups is 3. The first kappa shape index (κ1) is 16.5. The highest BCUT2D eigenvalue weighted by Crippen LogP contribution is 2.26. The molecule has 6 heteroatoms. The van der Waals surface area contributed by atoms with Crippen LogP contribution in [0.4, 0.5) is 0 Å². The van der Waals surface area contributed by atoms with Gasteiger partial charge in [-0.05, 0) is 24.8 Å². The first-order valence-corrected chi connectivity index (χ1v) is 8.41. The summed E-state index contributed by atoms with van der Waals surface area (Å²) in [5.74, 6) is -1.61. The summed E-state index contributed by atoms with van der Waals surface area (Å²) in [7, 11) is 0. The molecule has 1 unspecified atom stereocenters. The molecule has 0 spiro atoms. The monoisotopic (exact) mass is 330 g/mol. The lowest BCUT2D eigenvalue weighted by Crippen LogP contribution is -2.50. The normalized spacial score (nSPS) is 24.2. The maximum atomic E-state index is 12.7. The van der Waals surface area contributed by atoms with Gasteiger partial charge in [-0.25, -0.2) is 4.79 Å². The molecule has 3 rings (SSSR count). The fraction of sp³-hybridized carbons (Fsp3) is 0.500. The highest BCUT2D eigenvalue weighted by atomic mass is 16.4. The third kappa shape index (κ3) is 3.42. The second-order valence-electron chi connectivity index (χ2n) is 6.54. The van der Waals surface area contributed by atoms with Gasteiger partial charge < -0.3 is 14.9 Å². The Balaban J connectivity index is 1.66. The Morgan fingerprint density at radius 1 is 1.17 bits per heavy atom. The van der Waals surface area contributed by atoms with Crippen molar-refractivity contribution >= 4 is 17.8 Å². The lowest BCUT2D eigenvalue weighted by atomic mass is 9.98. The van der Waals surface area contributed by atoms with E-state index in [9.17, 15) is 19.5 Å². The second-order valence-corrected chi connectivity index (χ2v) is 6.54. The van der Waals surface area contributed by atoms with Crippen LogP contribution in [0.2, 0.25) is 0 Å². The van der Waals surface area contributed by atoms with Crippen LogP contribution in [0.5, 0.6) is 0 Å². The lowest BCUT2D eigenvalue weighted by Gasteiger charge is -2.34. The van der Waals surface area contributed by atoms with E-state index in [2.05, 4.69) is 0 Å². The van der Waals surface area contributed by atoms with Crippen molar-refractivity contribution in [2.45, 2.75) is 38.3 Å². The fourth-order valence-corrected chi connectivity index (χ4v) is 3.58. The SMILES string of the molecule is O=C(O)[C@H]1CCCCN1C(=O)C1CC(=O)N(Cc2ccccc2)C1. The smallest absolute Gasteiger partial charge is 0.326 e. The summed E-state index contributed by atoms with van der Waals surface area (Å²) in [6, 6.07) is 8.92. The Morgan fingerprint density at radius 3 is 2.62 bits per heavy atom. The van der Waals surface area contributed by atoms with Crippen LogP contribution in [0.1, 0.15) is 31.2 Å². The van der Waals surface area contributed by atoms with E-state index in [1.807, 2.05) is 30.3 Å². The molecule has 1 aromatic carbocycles. The van der Waals surface area contributed by atoms with Gasteiger partial charge in [-0.1, -0.05) is 30.3 Å². The topological polar surface area (TPSA) is 77.9 Å². The molecular weight excluding hydrogens is 308 g/mol. The molecule has 0 aliphatic carbocycles. The van der Waals surface area contributed by atoms with Crippen LogP contribution < -0.4 is 0 Å². The zero-order valence-corrected chi connectivity index (χ0v) is 13.6. The maximum absolute atomic E-state index is 12.7. The first-order valence-electron chi connectivity index (χ1n) is 8.41. The molecule has 2 fully saturated rings. The molecule has 2 amide bonds. The minimum atomic E-state index is -0.950. The Morgan fingerprint density at radius 2 is 1.92 bits per heavy atom. The van der Waals surface area contributed by atoms with Gasteiger partial charge in [-0.15, -0.1) is 0 Å². The molecule has 0 bridgehead atoms. The third-order valence-corrected chi connectivity index (χ3v) is 4.85. The third-order valence-electron chi connectivity index (χ3n) is 4.85. The highest BCUT2D eigenvalue weighted by molar-refractivity contribution is 5.91. The zero-order valence-electron chi connectivity index (χ0n) is 13.6. The number of carboxylic acids is 1. The average Bonchev–Trinajstić information content (AvgIpc) is 2.96. The van der Waals surface area contributed by atoms with E-state index in [4.69, 9.17) is 0 Å². The molecular formula is C18H22N2O4. The van der Waals surface area contributed by atoms with E-state index < -0.39 is 17.9 Å². The van der Waals surface area contributed by atoms with E-state index in [1.165, 1.54) is 4.90 Å². The Hall–Kier alpha value is -2.37. The number of carboxylic acid groups (broad SMARTS) is 1. The molecule has 1 aromatic rings. The molecule has 128 valence electrons. The van der Waals surface area contributed by atoms with Gasteiger partial charge in [0.15, 0.2) is 0 Å². The molecule has 2 heterocycles. The molecule has 6 nitrogen and oxygen atoms in total. The van der Waals surface area contributed by atoms with Crippen molar-refractivity contribution in [1.82, 2.24) is 9.80 Å². The molecule has 2 aliphatic heterocycles. The van der Waals surface area contributed by atoms with Gasteiger partial charge in [-0.2, -0.15) is 0 Å². The Labute approximate surface area is 141 Å². The molecule has 0 saturated carbocycles. The van der Waals surface area contributed by atoms with E-state index in [-0.39, 0.29) is 18.2 Å². The van der Waals surface area contributed by atoms with Crippen molar-refractivity contribution in [2.24, 2.45) is 5.92 Å². The molecule has 0 aromatic heterocycles. The number of aliphatic carboxylic acids is 1. The average molecular weight is 330 g/mol. The van der Waals surface area contributed by atoms with Crippen molar-refractivity contribution in [3.63, 3.8) is 0 Å². The van der Waals surface area contributed by atoms with Crippen LogP contribution in [0.25, 0.3) is 0 Å². The maximum Gasteiger partial charge on any atom is 0.326 e. The minimum absolute atomic E-state index is 0.0407. The van der Waals surface area contributed by atoms with Crippen LogP contribution in [0.15, 0.2) is 30.3 Å². The molecule has 2 aliphatic rings. The number of piperidine rings is 1. The van der Waals surface area contributed by atoms with E-state index >= 15 is 0 Å². The molecule has 0 radical (unpaired) electrons. The Kier molecular flexibility index (Phi) is 4.83. The van der Waals surface area contributed by atoms with E-state index in [0.29, 0.717) is 26.1 Å². The quantitative estimate of drug-likeness (QED) is 0.907. The second kappa shape index (κ2) is 7.03. The van der Waals surface area contributed by atoms with Gasteiger partial charge in [0.2, 0.25) is 11.8 Å². The summed E-state index contributed by atoms with van der Waals surface area (Å²) in [4.78, 5) is 39.5. The zero-order chi connectivity index (χ0) is 17.1. The summed E-state index contributed by atoms with van der Waals surface area (Å²) < 4.78 is 0. The predicted octanol–water partition coefficient (Wildman–Crippen LogP) is 1.50. The van der Waals surface area contributed by atoms with Gasteiger partial charge in [0, 0.05) is 26.1 Å². The van der Waals surface area contributed by atoms with Crippen LogP contribution in [0, 0.1) is 5.92 Å². The summed E-state index contributed by atoms with van der Waals surface area (Å²) in [5, 5.41) is 9.33. The first-order chi connectivity index (χ1) is 11.6. The van der Waals surface area contributed by atoms with E-state index in [1.54, 1.807) is 4.90 Å². The number of hydrogen-bond donors (Lipinski definition) is 1. The number of hydrogen-bond acceptors (Lipinski definition) is 3. The van der Waals surface area contributed by atoms with Crippen molar-refractivity contribution in [1.29, 1.82) is 0 Å². The number of rotatable bonds is 4. The number of benzene rings is 1. The Bertz CT molecular complexity index is 631. The molecule has 2 atom stereocenters. The summed E-state index contributed by atoms with van der Waals surface area (Å²) in [6.45, 7) is 1.33. The van der Waals surface area contributed by atoms with Gasteiger partial charge >= 0.3 is 5.97 Å².